The van der Waals surface area contributed by atoms with Crippen LogP contribution in [0, 0.1) is 0 Å². The lowest BCUT2D eigenvalue weighted by Gasteiger charge is -2.02. The van der Waals surface area contributed by atoms with Crippen molar-refractivity contribution in [2.75, 3.05) is 13.7 Å². The number of ether oxygens (including phenoxy) is 2. The predicted molar refractivity (Wildman–Crippen MR) is 115 cm³/mol. The Morgan fingerprint density at radius 2 is 1.57 bits per heavy atom. The zero-order valence-corrected chi connectivity index (χ0v) is 16.6. The number of aliphatic imine (C=N–C) groups is 1. The highest BCUT2D eigenvalue weighted by Gasteiger charge is 2.05. The Balaban J connectivity index is 1.73. The van der Waals surface area contributed by atoms with Gasteiger partial charge in [-0.15, -0.1) is 0 Å². The van der Waals surface area contributed by atoms with Crippen molar-refractivity contribution in [3.8, 4) is 11.5 Å². The van der Waals surface area contributed by atoms with Gasteiger partial charge in [0, 0.05) is 11.8 Å². The van der Waals surface area contributed by atoms with Gasteiger partial charge in [-0.1, -0.05) is 0 Å². The van der Waals surface area contributed by atoms with Crippen LogP contribution in [0.15, 0.2) is 82.0 Å². The molecule has 0 atom stereocenters. The Labute approximate surface area is 174 Å². The summed E-state index contributed by atoms with van der Waals surface area (Å²) < 4.78 is 10.1. The average molecular weight is 403 g/mol. The molecule has 30 heavy (non-hydrogen) atoms. The Bertz CT molecular complexity index is 1060. The van der Waals surface area contributed by atoms with Crippen molar-refractivity contribution < 1.29 is 19.4 Å². The van der Waals surface area contributed by atoms with E-state index in [1.807, 2.05) is 0 Å². The van der Waals surface area contributed by atoms with Crippen LogP contribution in [0.25, 0.3) is 0 Å². The molecule has 3 aromatic carbocycles. The minimum absolute atomic E-state index is 0.0743. The molecule has 0 aliphatic rings. The highest BCUT2D eigenvalue weighted by Crippen LogP contribution is 2.25. The van der Waals surface area contributed by atoms with E-state index in [-0.39, 0.29) is 11.7 Å². The number of rotatable bonds is 7. The number of benzene rings is 3. The Morgan fingerprint density at radius 3 is 2.23 bits per heavy atom. The second-order valence-corrected chi connectivity index (χ2v) is 6.17. The molecule has 0 fully saturated rings. The van der Waals surface area contributed by atoms with Gasteiger partial charge < -0.3 is 14.6 Å². The summed E-state index contributed by atoms with van der Waals surface area (Å²) in [7, 11) is 1.60. The molecular formula is C23H21N3O4. The quantitative estimate of drug-likeness (QED) is 0.309. The van der Waals surface area contributed by atoms with Gasteiger partial charge in [0.15, 0.2) is 0 Å². The van der Waals surface area contributed by atoms with Crippen molar-refractivity contribution in [3.05, 3.63) is 77.9 Å². The van der Waals surface area contributed by atoms with Crippen molar-refractivity contribution in [1.29, 1.82) is 0 Å². The van der Waals surface area contributed by atoms with Crippen molar-refractivity contribution in [3.63, 3.8) is 0 Å². The molecule has 0 heterocycles. The fourth-order valence-corrected chi connectivity index (χ4v) is 2.51. The van der Waals surface area contributed by atoms with E-state index in [9.17, 15) is 9.90 Å². The lowest BCUT2D eigenvalue weighted by Crippen LogP contribution is -2.03. The standard InChI is InChI=1S/C23H21N3O4/c1-3-30-23(28)16-4-6-18(7-5-16)24-15-17-14-20(10-13-22(17)27)26-25-19-8-11-21(29-2)12-9-19/h4-15,27H,3H2,1-2H3. The summed E-state index contributed by atoms with van der Waals surface area (Å²) in [4.78, 5) is 16.0. The van der Waals surface area contributed by atoms with Crippen molar-refractivity contribution >= 4 is 29.2 Å². The number of carbonyl (C=O) groups is 1. The van der Waals surface area contributed by atoms with Gasteiger partial charge in [0.2, 0.25) is 0 Å². The van der Waals surface area contributed by atoms with E-state index in [0.29, 0.717) is 34.8 Å². The SMILES string of the molecule is CCOC(=O)c1ccc(N=Cc2cc(N=Nc3ccc(OC)cc3)ccc2O)cc1. The fourth-order valence-electron chi connectivity index (χ4n) is 2.51. The van der Waals surface area contributed by atoms with Gasteiger partial charge in [0.05, 0.1) is 36.3 Å². The third-order valence-corrected chi connectivity index (χ3v) is 4.10. The summed E-state index contributed by atoms with van der Waals surface area (Å²) in [6, 6.07) is 18.8. The van der Waals surface area contributed by atoms with Crippen LogP contribution in [0.4, 0.5) is 17.1 Å². The van der Waals surface area contributed by atoms with E-state index >= 15 is 0 Å². The number of aromatic hydroxyl groups is 1. The lowest BCUT2D eigenvalue weighted by atomic mass is 10.2. The number of azo groups is 1. The smallest absolute Gasteiger partial charge is 0.338 e. The third kappa shape index (κ3) is 5.51. The molecule has 0 spiro atoms. The molecule has 3 aromatic rings. The van der Waals surface area contributed by atoms with Crippen LogP contribution in [-0.4, -0.2) is 31.0 Å². The van der Waals surface area contributed by atoms with Gasteiger partial charge in [0.1, 0.15) is 11.5 Å². The summed E-state index contributed by atoms with van der Waals surface area (Å²) >= 11 is 0. The van der Waals surface area contributed by atoms with E-state index < -0.39 is 0 Å². The van der Waals surface area contributed by atoms with Gasteiger partial charge in [0.25, 0.3) is 0 Å². The van der Waals surface area contributed by atoms with Crippen LogP contribution in [0.2, 0.25) is 0 Å². The predicted octanol–water partition coefficient (Wildman–Crippen LogP) is 5.74. The van der Waals surface area contributed by atoms with Gasteiger partial charge in [-0.2, -0.15) is 10.2 Å². The van der Waals surface area contributed by atoms with Gasteiger partial charge in [-0.25, -0.2) is 4.79 Å². The van der Waals surface area contributed by atoms with Crippen molar-refractivity contribution in [1.82, 2.24) is 0 Å². The molecule has 1 N–H and O–H groups in total. The molecule has 0 unspecified atom stereocenters. The van der Waals surface area contributed by atoms with E-state index in [4.69, 9.17) is 9.47 Å². The first-order valence-corrected chi connectivity index (χ1v) is 9.29. The largest absolute Gasteiger partial charge is 0.507 e. The zero-order valence-electron chi connectivity index (χ0n) is 16.6. The van der Waals surface area contributed by atoms with Crippen LogP contribution in [0.5, 0.6) is 11.5 Å². The zero-order chi connectivity index (χ0) is 21.3. The van der Waals surface area contributed by atoms with E-state index in [1.54, 1.807) is 74.7 Å². The number of phenolic OH excluding ortho intramolecular Hbond substituents is 1. The lowest BCUT2D eigenvalue weighted by molar-refractivity contribution is 0.0526. The van der Waals surface area contributed by atoms with E-state index in [0.717, 1.165) is 5.75 Å². The number of carbonyl (C=O) groups excluding carboxylic acids is 1. The summed E-state index contributed by atoms with van der Waals surface area (Å²) in [5.74, 6) is 0.443. The second kappa shape index (κ2) is 9.97. The second-order valence-electron chi connectivity index (χ2n) is 6.17. The molecule has 0 aliphatic carbocycles. The number of methoxy groups -OCH3 is 1. The summed E-state index contributed by atoms with van der Waals surface area (Å²) in [5.41, 5.74) is 2.84. The minimum atomic E-state index is -0.374. The van der Waals surface area contributed by atoms with Crippen LogP contribution >= 0.6 is 0 Å². The molecule has 0 saturated heterocycles. The molecule has 0 bridgehead atoms. The number of hydrogen-bond donors (Lipinski definition) is 1. The van der Waals surface area contributed by atoms with E-state index in [1.165, 1.54) is 12.3 Å². The minimum Gasteiger partial charge on any atom is -0.507 e. The van der Waals surface area contributed by atoms with Gasteiger partial charge >= 0.3 is 5.97 Å². The molecule has 0 radical (unpaired) electrons. The summed E-state index contributed by atoms with van der Waals surface area (Å²) in [5, 5.41) is 18.5. The number of esters is 1. The normalized spacial score (nSPS) is 11.1. The molecule has 7 nitrogen and oxygen atoms in total. The number of hydrogen-bond acceptors (Lipinski definition) is 7. The van der Waals surface area contributed by atoms with Crippen LogP contribution in [0.1, 0.15) is 22.8 Å². The maximum absolute atomic E-state index is 11.7. The average Bonchev–Trinajstić information content (AvgIpc) is 2.78. The highest BCUT2D eigenvalue weighted by molar-refractivity contribution is 5.90. The fraction of sp³-hybridized carbons (Fsp3) is 0.130. The molecule has 7 heteroatoms. The van der Waals surface area contributed by atoms with Crippen molar-refractivity contribution in [2.45, 2.75) is 6.92 Å². The van der Waals surface area contributed by atoms with Crippen LogP contribution in [-0.2, 0) is 4.74 Å². The highest BCUT2D eigenvalue weighted by atomic mass is 16.5. The number of nitrogens with zero attached hydrogens (tertiary/aromatic N) is 3. The first kappa shape index (κ1) is 20.7. The Hall–Kier alpha value is -4.00. The molecule has 0 saturated carbocycles. The summed E-state index contributed by atoms with van der Waals surface area (Å²) in [6.45, 7) is 2.08. The molecule has 0 aromatic heterocycles. The number of phenols is 1. The first-order valence-electron chi connectivity index (χ1n) is 9.29. The monoisotopic (exact) mass is 403 g/mol. The topological polar surface area (TPSA) is 92.8 Å². The van der Waals surface area contributed by atoms with Gasteiger partial charge in [-0.3, -0.25) is 4.99 Å². The Morgan fingerprint density at radius 1 is 0.933 bits per heavy atom. The van der Waals surface area contributed by atoms with Crippen molar-refractivity contribution in [2.24, 2.45) is 15.2 Å². The van der Waals surface area contributed by atoms with Crippen LogP contribution in [0.3, 0.4) is 0 Å². The Kier molecular flexibility index (Phi) is 6.89. The third-order valence-electron chi connectivity index (χ3n) is 4.10. The molecule has 3 rings (SSSR count). The molecular weight excluding hydrogens is 382 g/mol. The molecule has 152 valence electrons. The maximum atomic E-state index is 11.7. The summed E-state index contributed by atoms with van der Waals surface area (Å²) in [6.07, 6.45) is 1.53. The van der Waals surface area contributed by atoms with Crippen LogP contribution < -0.4 is 4.74 Å². The first-order chi connectivity index (χ1) is 14.6. The molecule has 0 aliphatic heterocycles. The van der Waals surface area contributed by atoms with E-state index in [2.05, 4.69) is 15.2 Å². The maximum Gasteiger partial charge on any atom is 0.338 e. The van der Waals surface area contributed by atoms with Gasteiger partial charge in [-0.05, 0) is 73.7 Å². The molecule has 0 amide bonds.